The smallest absolute Gasteiger partial charge is 0.225 e. The van der Waals surface area contributed by atoms with E-state index in [-0.39, 0.29) is 5.95 Å². The van der Waals surface area contributed by atoms with E-state index in [2.05, 4.69) is 26.8 Å². The number of nitrogen functional groups attached to an aromatic ring is 1. The van der Waals surface area contributed by atoms with E-state index in [4.69, 9.17) is 10.5 Å². The number of anilines is 2. The third-order valence-electron chi connectivity index (χ3n) is 4.73. The molecule has 20 heavy (non-hydrogen) atoms. The number of piperidine rings is 1. The van der Waals surface area contributed by atoms with Gasteiger partial charge in [-0.05, 0) is 44.8 Å². The number of hydrogen-bond acceptors (Lipinski definition) is 6. The van der Waals surface area contributed by atoms with Gasteiger partial charge in [0, 0.05) is 19.2 Å². The van der Waals surface area contributed by atoms with Crippen LogP contribution in [0.2, 0.25) is 0 Å². The van der Waals surface area contributed by atoms with Crippen molar-refractivity contribution in [1.29, 1.82) is 0 Å². The standard InChI is InChI=1S/C14H23N5O/c1-18-6-3-14(4-7-18)5-8-19(10-14)11-9-12(20-2)17-13(15)16-11/h9H,3-8,10H2,1-2H3,(H2,15,16,17). The predicted molar refractivity (Wildman–Crippen MR) is 79.0 cm³/mol. The van der Waals surface area contributed by atoms with Crippen molar-refractivity contribution in [2.45, 2.75) is 19.3 Å². The SMILES string of the molecule is COc1cc(N2CCC3(CCN(C)CC3)C2)nc(N)n1. The number of ether oxygens (including phenoxy) is 1. The number of likely N-dealkylation sites (tertiary alicyclic amines) is 1. The molecule has 2 saturated heterocycles. The van der Waals surface area contributed by atoms with Crippen molar-refractivity contribution in [3.05, 3.63) is 6.07 Å². The average molecular weight is 277 g/mol. The van der Waals surface area contributed by atoms with E-state index in [1.165, 1.54) is 32.4 Å². The number of rotatable bonds is 2. The average Bonchev–Trinajstić information content (AvgIpc) is 2.86. The predicted octanol–water partition coefficient (Wildman–Crippen LogP) is 0.989. The van der Waals surface area contributed by atoms with Gasteiger partial charge >= 0.3 is 0 Å². The molecule has 6 nitrogen and oxygen atoms in total. The van der Waals surface area contributed by atoms with Crippen LogP contribution in [0.25, 0.3) is 0 Å². The fourth-order valence-electron chi connectivity index (χ4n) is 3.33. The second-order valence-corrected chi connectivity index (χ2v) is 6.10. The minimum atomic E-state index is 0.281. The van der Waals surface area contributed by atoms with Crippen LogP contribution in [0.1, 0.15) is 19.3 Å². The lowest BCUT2D eigenvalue weighted by Gasteiger charge is -2.37. The molecule has 0 bridgehead atoms. The molecule has 2 N–H and O–H groups in total. The molecular weight excluding hydrogens is 254 g/mol. The van der Waals surface area contributed by atoms with Gasteiger partial charge in [0.1, 0.15) is 5.82 Å². The van der Waals surface area contributed by atoms with Crippen LogP contribution >= 0.6 is 0 Å². The zero-order valence-corrected chi connectivity index (χ0v) is 12.3. The molecule has 2 aliphatic rings. The molecule has 0 amide bonds. The summed E-state index contributed by atoms with van der Waals surface area (Å²) in [6.07, 6.45) is 3.79. The van der Waals surface area contributed by atoms with Crippen LogP contribution in [-0.4, -0.2) is 55.2 Å². The molecule has 0 unspecified atom stereocenters. The highest BCUT2D eigenvalue weighted by Crippen LogP contribution is 2.41. The second kappa shape index (κ2) is 5.09. The number of hydrogen-bond donors (Lipinski definition) is 1. The Morgan fingerprint density at radius 1 is 1.20 bits per heavy atom. The van der Waals surface area contributed by atoms with Crippen LogP contribution < -0.4 is 15.4 Å². The third kappa shape index (κ3) is 2.52. The number of nitrogens with two attached hydrogens (primary N) is 1. The molecule has 0 aliphatic carbocycles. The van der Waals surface area contributed by atoms with Crippen molar-refractivity contribution < 1.29 is 4.74 Å². The number of nitrogens with zero attached hydrogens (tertiary/aromatic N) is 4. The molecule has 6 heteroatoms. The van der Waals surface area contributed by atoms with Gasteiger partial charge in [-0.1, -0.05) is 0 Å². The van der Waals surface area contributed by atoms with Crippen molar-refractivity contribution in [2.75, 3.05) is 51.0 Å². The first-order chi connectivity index (χ1) is 9.60. The van der Waals surface area contributed by atoms with E-state index in [1.54, 1.807) is 7.11 Å². The second-order valence-electron chi connectivity index (χ2n) is 6.10. The van der Waals surface area contributed by atoms with E-state index < -0.39 is 0 Å². The molecule has 2 fully saturated rings. The van der Waals surface area contributed by atoms with E-state index in [9.17, 15) is 0 Å². The van der Waals surface area contributed by atoms with Crippen molar-refractivity contribution >= 4 is 11.8 Å². The van der Waals surface area contributed by atoms with Gasteiger partial charge in [0.25, 0.3) is 0 Å². The summed E-state index contributed by atoms with van der Waals surface area (Å²) in [5.41, 5.74) is 6.21. The van der Waals surface area contributed by atoms with Gasteiger partial charge in [-0.3, -0.25) is 0 Å². The minimum absolute atomic E-state index is 0.281. The summed E-state index contributed by atoms with van der Waals surface area (Å²) in [7, 11) is 3.81. The number of methoxy groups -OCH3 is 1. The maximum absolute atomic E-state index is 5.76. The van der Waals surface area contributed by atoms with E-state index in [0.29, 0.717) is 11.3 Å². The Balaban J connectivity index is 1.75. The minimum Gasteiger partial charge on any atom is -0.481 e. The molecule has 0 saturated carbocycles. The zero-order chi connectivity index (χ0) is 14.2. The van der Waals surface area contributed by atoms with Gasteiger partial charge in [0.05, 0.1) is 7.11 Å². The first-order valence-corrected chi connectivity index (χ1v) is 7.22. The zero-order valence-electron chi connectivity index (χ0n) is 12.3. The summed E-state index contributed by atoms with van der Waals surface area (Å²) in [4.78, 5) is 13.1. The molecule has 0 aromatic carbocycles. The Labute approximate surface area is 119 Å². The summed E-state index contributed by atoms with van der Waals surface area (Å²) >= 11 is 0. The van der Waals surface area contributed by atoms with Gasteiger partial charge in [-0.25, -0.2) is 0 Å². The van der Waals surface area contributed by atoms with Crippen LogP contribution in [0.3, 0.4) is 0 Å². The van der Waals surface area contributed by atoms with Crippen LogP contribution in [0.4, 0.5) is 11.8 Å². The molecule has 110 valence electrons. The summed E-state index contributed by atoms with van der Waals surface area (Å²) < 4.78 is 5.18. The monoisotopic (exact) mass is 277 g/mol. The van der Waals surface area contributed by atoms with Gasteiger partial charge in [-0.2, -0.15) is 9.97 Å². The Morgan fingerprint density at radius 2 is 1.90 bits per heavy atom. The Bertz CT molecular complexity index is 484. The molecular formula is C14H23N5O. The summed E-state index contributed by atoms with van der Waals surface area (Å²) in [6.45, 7) is 4.51. The lowest BCUT2D eigenvalue weighted by molar-refractivity contribution is 0.142. The quantitative estimate of drug-likeness (QED) is 0.869. The van der Waals surface area contributed by atoms with Crippen LogP contribution in [0.15, 0.2) is 6.07 Å². The van der Waals surface area contributed by atoms with Gasteiger partial charge < -0.3 is 20.3 Å². The lowest BCUT2D eigenvalue weighted by Crippen LogP contribution is -2.39. The Hall–Kier alpha value is -1.56. The highest BCUT2D eigenvalue weighted by Gasteiger charge is 2.40. The maximum atomic E-state index is 5.76. The van der Waals surface area contributed by atoms with Crippen molar-refractivity contribution in [1.82, 2.24) is 14.9 Å². The molecule has 1 aromatic rings. The van der Waals surface area contributed by atoms with E-state index >= 15 is 0 Å². The van der Waals surface area contributed by atoms with Gasteiger partial charge in [0.2, 0.25) is 11.8 Å². The van der Waals surface area contributed by atoms with E-state index in [0.717, 1.165) is 18.9 Å². The normalized spacial score (nSPS) is 22.4. The molecule has 0 atom stereocenters. The molecule has 1 aromatic heterocycles. The van der Waals surface area contributed by atoms with Gasteiger partial charge in [-0.15, -0.1) is 0 Å². The molecule has 2 aliphatic heterocycles. The highest BCUT2D eigenvalue weighted by atomic mass is 16.5. The van der Waals surface area contributed by atoms with Crippen LogP contribution in [-0.2, 0) is 0 Å². The Kier molecular flexibility index (Phi) is 3.41. The van der Waals surface area contributed by atoms with Gasteiger partial charge in [0.15, 0.2) is 0 Å². The van der Waals surface area contributed by atoms with Crippen molar-refractivity contribution in [3.8, 4) is 5.88 Å². The first-order valence-electron chi connectivity index (χ1n) is 7.22. The van der Waals surface area contributed by atoms with Crippen LogP contribution in [0.5, 0.6) is 5.88 Å². The lowest BCUT2D eigenvalue weighted by atomic mass is 9.78. The summed E-state index contributed by atoms with van der Waals surface area (Å²) in [6, 6.07) is 1.88. The maximum Gasteiger partial charge on any atom is 0.225 e. The van der Waals surface area contributed by atoms with Crippen molar-refractivity contribution in [2.24, 2.45) is 5.41 Å². The summed E-state index contributed by atoms with van der Waals surface area (Å²) in [5.74, 6) is 1.71. The molecule has 1 spiro atoms. The first kappa shape index (κ1) is 13.4. The summed E-state index contributed by atoms with van der Waals surface area (Å²) in [5, 5.41) is 0. The topological polar surface area (TPSA) is 67.5 Å². The van der Waals surface area contributed by atoms with E-state index in [1.807, 2.05) is 6.07 Å². The third-order valence-corrected chi connectivity index (χ3v) is 4.73. The fourth-order valence-corrected chi connectivity index (χ4v) is 3.33. The van der Waals surface area contributed by atoms with Crippen molar-refractivity contribution in [3.63, 3.8) is 0 Å². The molecule has 3 heterocycles. The molecule has 3 rings (SSSR count). The largest absolute Gasteiger partial charge is 0.481 e. The Morgan fingerprint density at radius 3 is 2.60 bits per heavy atom. The van der Waals surface area contributed by atoms with Crippen LogP contribution in [0, 0.1) is 5.41 Å². The fraction of sp³-hybridized carbons (Fsp3) is 0.714. The number of aromatic nitrogens is 2. The molecule has 0 radical (unpaired) electrons. The highest BCUT2D eigenvalue weighted by molar-refractivity contribution is 5.46.